The molecule has 0 aliphatic rings. The minimum Gasteiger partial charge on any atom is -0.370 e. The molecule has 0 radical (unpaired) electrons. The molecule has 17 heavy (non-hydrogen) atoms. The minimum atomic E-state index is -0.186. The highest BCUT2D eigenvalue weighted by Gasteiger charge is 2.37. The SMILES string of the molecule is CC(CN=C(N)NC(=N)N)C(C)(C)C(C)(C)C. The van der Waals surface area contributed by atoms with Gasteiger partial charge in [-0.25, -0.2) is 0 Å². The molecule has 0 aromatic heterocycles. The first-order valence-electron chi connectivity index (χ1n) is 5.89. The van der Waals surface area contributed by atoms with E-state index in [1.54, 1.807) is 0 Å². The van der Waals surface area contributed by atoms with Crippen molar-refractivity contribution in [3.8, 4) is 0 Å². The van der Waals surface area contributed by atoms with Crippen molar-refractivity contribution in [2.45, 2.75) is 41.5 Å². The van der Waals surface area contributed by atoms with Crippen molar-refractivity contribution >= 4 is 11.9 Å². The van der Waals surface area contributed by atoms with Crippen LogP contribution in [0.15, 0.2) is 4.99 Å². The van der Waals surface area contributed by atoms with Crippen LogP contribution in [0.2, 0.25) is 0 Å². The third kappa shape index (κ3) is 4.63. The maximum absolute atomic E-state index is 7.04. The summed E-state index contributed by atoms with van der Waals surface area (Å²) in [4.78, 5) is 4.21. The molecule has 1 atom stereocenters. The van der Waals surface area contributed by atoms with E-state index in [-0.39, 0.29) is 22.7 Å². The lowest BCUT2D eigenvalue weighted by Gasteiger charge is -2.43. The van der Waals surface area contributed by atoms with Gasteiger partial charge in [0.05, 0.1) is 0 Å². The molecule has 0 aliphatic heterocycles. The van der Waals surface area contributed by atoms with Crippen LogP contribution in [0.3, 0.4) is 0 Å². The van der Waals surface area contributed by atoms with E-state index >= 15 is 0 Å². The Labute approximate surface area is 105 Å². The fourth-order valence-electron chi connectivity index (χ4n) is 1.38. The van der Waals surface area contributed by atoms with Crippen LogP contribution in [0.1, 0.15) is 41.5 Å². The van der Waals surface area contributed by atoms with Crippen LogP contribution in [-0.4, -0.2) is 18.5 Å². The molecule has 0 saturated carbocycles. The van der Waals surface area contributed by atoms with Gasteiger partial charge < -0.3 is 11.5 Å². The number of nitrogens with zero attached hydrogens (tertiary/aromatic N) is 1. The standard InChI is InChI=1S/C12H27N5/c1-8(12(5,6)11(2,3)4)7-16-10(15)17-9(13)14/h8H,7H2,1-6H3,(H6,13,14,15,16,17). The maximum Gasteiger partial charge on any atom is 0.195 e. The largest absolute Gasteiger partial charge is 0.370 e. The molecule has 0 aliphatic carbocycles. The molecule has 5 nitrogen and oxygen atoms in total. The Kier molecular flexibility index (Phi) is 4.98. The second-order valence-electron chi connectivity index (χ2n) is 6.14. The van der Waals surface area contributed by atoms with E-state index in [0.717, 1.165) is 0 Å². The van der Waals surface area contributed by atoms with Crippen molar-refractivity contribution in [1.82, 2.24) is 5.32 Å². The number of hydrogen-bond acceptors (Lipinski definition) is 2. The highest BCUT2D eigenvalue weighted by atomic mass is 15.2. The summed E-state index contributed by atoms with van der Waals surface area (Å²) in [7, 11) is 0. The van der Waals surface area contributed by atoms with Gasteiger partial charge in [-0.2, -0.15) is 0 Å². The van der Waals surface area contributed by atoms with Crippen LogP contribution >= 0.6 is 0 Å². The summed E-state index contributed by atoms with van der Waals surface area (Å²) < 4.78 is 0. The second-order valence-corrected chi connectivity index (χ2v) is 6.14. The van der Waals surface area contributed by atoms with Crippen LogP contribution < -0.4 is 16.8 Å². The third-order valence-electron chi connectivity index (χ3n) is 3.96. The van der Waals surface area contributed by atoms with Crippen LogP contribution in [0.5, 0.6) is 0 Å². The quantitative estimate of drug-likeness (QED) is 0.445. The fourth-order valence-corrected chi connectivity index (χ4v) is 1.38. The van der Waals surface area contributed by atoms with Crippen LogP contribution in [0, 0.1) is 22.2 Å². The summed E-state index contributed by atoms with van der Waals surface area (Å²) >= 11 is 0. The molecule has 0 aromatic rings. The van der Waals surface area contributed by atoms with E-state index < -0.39 is 0 Å². The molecular weight excluding hydrogens is 214 g/mol. The van der Waals surface area contributed by atoms with Crippen molar-refractivity contribution < 1.29 is 0 Å². The molecule has 0 bridgehead atoms. The Morgan fingerprint density at radius 3 is 2.06 bits per heavy atom. The van der Waals surface area contributed by atoms with E-state index in [1.807, 2.05) is 0 Å². The fraction of sp³-hybridized carbons (Fsp3) is 0.833. The second kappa shape index (κ2) is 5.38. The average Bonchev–Trinajstić information content (AvgIpc) is 2.10. The van der Waals surface area contributed by atoms with E-state index in [2.05, 4.69) is 51.9 Å². The molecule has 0 rings (SSSR count). The van der Waals surface area contributed by atoms with Gasteiger partial charge >= 0.3 is 0 Å². The van der Waals surface area contributed by atoms with E-state index in [4.69, 9.17) is 16.9 Å². The van der Waals surface area contributed by atoms with E-state index in [1.165, 1.54) is 0 Å². The molecule has 0 amide bonds. The summed E-state index contributed by atoms with van der Waals surface area (Å²) in [6.07, 6.45) is 0. The predicted octanol–water partition coefficient (Wildman–Crippen LogP) is 1.49. The van der Waals surface area contributed by atoms with Gasteiger partial charge in [-0.1, -0.05) is 41.5 Å². The van der Waals surface area contributed by atoms with Gasteiger partial charge in [-0.15, -0.1) is 0 Å². The zero-order valence-electron chi connectivity index (χ0n) is 11.9. The number of hydrogen-bond donors (Lipinski definition) is 4. The Balaban J connectivity index is 4.56. The van der Waals surface area contributed by atoms with Gasteiger partial charge in [-0.05, 0) is 16.7 Å². The van der Waals surface area contributed by atoms with E-state index in [0.29, 0.717) is 12.5 Å². The molecule has 0 fully saturated rings. The normalized spacial score (nSPS) is 15.5. The number of rotatable bonds is 3. The molecule has 6 N–H and O–H groups in total. The molecule has 0 heterocycles. The predicted molar refractivity (Wildman–Crippen MR) is 73.9 cm³/mol. The Morgan fingerprint density at radius 1 is 1.24 bits per heavy atom. The first kappa shape index (κ1) is 15.7. The van der Waals surface area contributed by atoms with Crippen LogP contribution in [0.4, 0.5) is 0 Å². The molecule has 100 valence electrons. The zero-order valence-corrected chi connectivity index (χ0v) is 11.9. The monoisotopic (exact) mass is 241 g/mol. The first-order chi connectivity index (χ1) is 7.48. The smallest absolute Gasteiger partial charge is 0.195 e. The summed E-state index contributed by atoms with van der Waals surface area (Å²) in [5.74, 6) is 0.401. The molecule has 5 heteroatoms. The first-order valence-corrected chi connectivity index (χ1v) is 5.89. The molecular formula is C12H27N5. The van der Waals surface area contributed by atoms with Gasteiger partial charge in [0, 0.05) is 6.54 Å². The lowest BCUT2D eigenvalue weighted by Crippen LogP contribution is -2.42. The number of guanidine groups is 2. The number of nitrogens with one attached hydrogen (secondary N) is 2. The van der Waals surface area contributed by atoms with Crippen LogP contribution in [-0.2, 0) is 0 Å². The van der Waals surface area contributed by atoms with Crippen molar-refractivity contribution in [3.63, 3.8) is 0 Å². The number of aliphatic imine (C=N–C) groups is 1. The lowest BCUT2D eigenvalue weighted by molar-refractivity contribution is 0.0686. The molecule has 0 spiro atoms. The van der Waals surface area contributed by atoms with Crippen LogP contribution in [0.25, 0.3) is 0 Å². The van der Waals surface area contributed by atoms with Gasteiger partial charge in [0.1, 0.15) is 0 Å². The van der Waals surface area contributed by atoms with Gasteiger partial charge in [-0.3, -0.25) is 15.7 Å². The maximum atomic E-state index is 7.04. The summed E-state index contributed by atoms with van der Waals surface area (Å²) in [5, 5.41) is 9.52. The topological polar surface area (TPSA) is 100 Å². The molecule has 0 aromatic carbocycles. The van der Waals surface area contributed by atoms with Crippen molar-refractivity contribution in [3.05, 3.63) is 0 Å². The Hall–Kier alpha value is -1.26. The summed E-state index contributed by atoms with van der Waals surface area (Å²) in [6, 6.07) is 0. The van der Waals surface area contributed by atoms with Crippen molar-refractivity contribution in [1.29, 1.82) is 5.41 Å². The van der Waals surface area contributed by atoms with Gasteiger partial charge in [0.15, 0.2) is 11.9 Å². The summed E-state index contributed by atoms with van der Waals surface area (Å²) in [5.41, 5.74) is 11.1. The lowest BCUT2D eigenvalue weighted by atomic mass is 9.62. The van der Waals surface area contributed by atoms with E-state index in [9.17, 15) is 0 Å². The third-order valence-corrected chi connectivity index (χ3v) is 3.96. The zero-order chi connectivity index (χ0) is 13.9. The van der Waals surface area contributed by atoms with Gasteiger partial charge in [0.2, 0.25) is 0 Å². The van der Waals surface area contributed by atoms with Crippen molar-refractivity contribution in [2.75, 3.05) is 6.54 Å². The highest BCUT2D eigenvalue weighted by Crippen LogP contribution is 2.43. The number of nitrogens with two attached hydrogens (primary N) is 2. The minimum absolute atomic E-state index is 0.146. The molecule has 0 saturated heterocycles. The Bertz CT molecular complexity index is 299. The average molecular weight is 241 g/mol. The highest BCUT2D eigenvalue weighted by molar-refractivity contribution is 5.95. The molecule has 1 unspecified atom stereocenters. The van der Waals surface area contributed by atoms with Gasteiger partial charge in [0.25, 0.3) is 0 Å². The Morgan fingerprint density at radius 2 is 1.71 bits per heavy atom. The van der Waals surface area contributed by atoms with Crippen molar-refractivity contribution in [2.24, 2.45) is 33.2 Å². The summed E-state index contributed by atoms with van der Waals surface area (Å²) in [6.45, 7) is 13.9.